The Morgan fingerprint density at radius 1 is 1.07 bits per heavy atom. The SMILES string of the molecule is Cc1ccc(C2C=C(c3ccccc3)Nc3nc(NS(C)(=O)=O)nn32)cc1. The Balaban J connectivity index is 1.81. The van der Waals surface area contributed by atoms with Crippen molar-refractivity contribution in [2.24, 2.45) is 0 Å². The Morgan fingerprint density at radius 3 is 2.44 bits per heavy atom. The van der Waals surface area contributed by atoms with E-state index in [0.29, 0.717) is 5.95 Å². The van der Waals surface area contributed by atoms with Crippen molar-refractivity contribution in [3.05, 3.63) is 77.4 Å². The third-order valence-electron chi connectivity index (χ3n) is 4.25. The van der Waals surface area contributed by atoms with Crippen LogP contribution in [0.5, 0.6) is 0 Å². The number of allylic oxidation sites excluding steroid dienone is 1. The summed E-state index contributed by atoms with van der Waals surface area (Å²) in [5.74, 6) is 0.521. The van der Waals surface area contributed by atoms with Gasteiger partial charge in [0, 0.05) is 5.70 Å². The minimum atomic E-state index is -3.46. The average molecular weight is 381 g/mol. The molecule has 7 nitrogen and oxygen atoms in total. The van der Waals surface area contributed by atoms with Crippen molar-refractivity contribution in [1.29, 1.82) is 0 Å². The van der Waals surface area contributed by atoms with Crippen LogP contribution in [0.4, 0.5) is 11.9 Å². The van der Waals surface area contributed by atoms with Gasteiger partial charge in [-0.3, -0.25) is 4.72 Å². The standard InChI is InChI=1S/C19H19N5O2S/c1-13-8-10-15(11-9-13)17-12-16(14-6-4-3-5-7-14)20-19-21-18(22-24(17)19)23-27(2,25)26/h3-12,17H,1-2H3,(H2,20,21,22,23). The van der Waals surface area contributed by atoms with Crippen LogP contribution in [0, 0.1) is 6.92 Å². The minimum Gasteiger partial charge on any atom is -0.324 e. The molecule has 0 bridgehead atoms. The van der Waals surface area contributed by atoms with E-state index in [1.807, 2.05) is 61.5 Å². The Kier molecular flexibility index (Phi) is 4.19. The van der Waals surface area contributed by atoms with Crippen molar-refractivity contribution in [1.82, 2.24) is 14.8 Å². The monoisotopic (exact) mass is 381 g/mol. The number of fused-ring (bicyclic) bond motifs is 1. The van der Waals surface area contributed by atoms with E-state index < -0.39 is 10.0 Å². The fraction of sp³-hybridized carbons (Fsp3) is 0.158. The second-order valence-electron chi connectivity index (χ2n) is 6.50. The normalized spacial score (nSPS) is 16.2. The van der Waals surface area contributed by atoms with Gasteiger partial charge in [-0.05, 0) is 24.1 Å². The van der Waals surface area contributed by atoms with Gasteiger partial charge >= 0.3 is 0 Å². The number of aromatic nitrogens is 3. The molecular formula is C19H19N5O2S. The molecule has 3 aromatic rings. The molecule has 4 rings (SSSR count). The summed E-state index contributed by atoms with van der Waals surface area (Å²) in [5.41, 5.74) is 4.11. The summed E-state index contributed by atoms with van der Waals surface area (Å²) < 4.78 is 27.1. The van der Waals surface area contributed by atoms with Gasteiger partial charge in [-0.25, -0.2) is 13.1 Å². The second kappa shape index (κ2) is 6.55. The number of hydrogen-bond donors (Lipinski definition) is 2. The third-order valence-corrected chi connectivity index (χ3v) is 4.80. The van der Waals surface area contributed by atoms with Gasteiger partial charge in [-0.15, -0.1) is 5.10 Å². The Hall–Kier alpha value is -3.13. The molecule has 0 spiro atoms. The van der Waals surface area contributed by atoms with Crippen LogP contribution in [0.25, 0.3) is 5.70 Å². The average Bonchev–Trinajstić information content (AvgIpc) is 3.02. The zero-order valence-corrected chi connectivity index (χ0v) is 15.7. The van der Waals surface area contributed by atoms with Gasteiger partial charge in [0.1, 0.15) is 6.04 Å². The van der Waals surface area contributed by atoms with E-state index in [0.717, 1.165) is 28.6 Å². The highest BCUT2D eigenvalue weighted by atomic mass is 32.2. The lowest BCUT2D eigenvalue weighted by Gasteiger charge is -2.24. The largest absolute Gasteiger partial charge is 0.324 e. The molecule has 1 aliphatic rings. The molecule has 0 saturated heterocycles. The smallest absolute Gasteiger partial charge is 0.257 e. The van der Waals surface area contributed by atoms with E-state index in [2.05, 4.69) is 26.2 Å². The lowest BCUT2D eigenvalue weighted by molar-refractivity contribution is 0.603. The molecule has 27 heavy (non-hydrogen) atoms. The van der Waals surface area contributed by atoms with Crippen LogP contribution in [-0.2, 0) is 10.0 Å². The molecule has 0 saturated carbocycles. The van der Waals surface area contributed by atoms with E-state index in [9.17, 15) is 8.42 Å². The minimum absolute atomic E-state index is 0.0415. The quantitative estimate of drug-likeness (QED) is 0.725. The van der Waals surface area contributed by atoms with E-state index in [-0.39, 0.29) is 12.0 Å². The fourth-order valence-electron chi connectivity index (χ4n) is 2.99. The molecular weight excluding hydrogens is 362 g/mol. The van der Waals surface area contributed by atoms with E-state index in [1.54, 1.807) is 4.68 Å². The zero-order valence-electron chi connectivity index (χ0n) is 14.9. The van der Waals surface area contributed by atoms with Crippen LogP contribution < -0.4 is 10.0 Å². The maximum atomic E-state index is 11.6. The topological polar surface area (TPSA) is 88.9 Å². The number of nitrogens with one attached hydrogen (secondary N) is 2. The van der Waals surface area contributed by atoms with Crippen LogP contribution in [0.2, 0.25) is 0 Å². The van der Waals surface area contributed by atoms with Gasteiger partial charge < -0.3 is 5.32 Å². The van der Waals surface area contributed by atoms with Crippen LogP contribution in [0.3, 0.4) is 0 Å². The molecule has 0 fully saturated rings. The molecule has 1 atom stereocenters. The van der Waals surface area contributed by atoms with Crippen LogP contribution >= 0.6 is 0 Å². The Bertz CT molecular complexity index is 1100. The van der Waals surface area contributed by atoms with Crippen molar-refractivity contribution in [3.63, 3.8) is 0 Å². The zero-order chi connectivity index (χ0) is 19.0. The fourth-order valence-corrected chi connectivity index (χ4v) is 3.41. The summed E-state index contributed by atoms with van der Waals surface area (Å²) >= 11 is 0. The van der Waals surface area contributed by atoms with Gasteiger partial charge in [-0.1, -0.05) is 60.2 Å². The van der Waals surface area contributed by atoms with Crippen molar-refractivity contribution in [2.45, 2.75) is 13.0 Å². The molecule has 2 aromatic carbocycles. The molecule has 2 heterocycles. The molecule has 0 aliphatic carbocycles. The maximum Gasteiger partial charge on any atom is 0.257 e. The summed E-state index contributed by atoms with van der Waals surface area (Å²) in [5, 5.41) is 7.60. The number of sulfonamides is 1. The number of benzene rings is 2. The molecule has 2 N–H and O–H groups in total. The summed E-state index contributed by atoms with van der Waals surface area (Å²) in [7, 11) is -3.46. The Morgan fingerprint density at radius 2 is 1.78 bits per heavy atom. The third kappa shape index (κ3) is 3.70. The van der Waals surface area contributed by atoms with E-state index in [4.69, 9.17) is 0 Å². The predicted octanol–water partition coefficient (Wildman–Crippen LogP) is 3.01. The number of anilines is 2. The summed E-state index contributed by atoms with van der Waals surface area (Å²) in [4.78, 5) is 4.31. The number of rotatable bonds is 4. The number of hydrogen-bond acceptors (Lipinski definition) is 5. The van der Waals surface area contributed by atoms with Crippen molar-refractivity contribution in [2.75, 3.05) is 16.3 Å². The molecule has 0 radical (unpaired) electrons. The van der Waals surface area contributed by atoms with E-state index in [1.165, 1.54) is 0 Å². The van der Waals surface area contributed by atoms with Gasteiger partial charge in [0.25, 0.3) is 5.95 Å². The molecule has 1 unspecified atom stereocenters. The first kappa shape index (κ1) is 17.3. The first-order valence-electron chi connectivity index (χ1n) is 8.44. The van der Waals surface area contributed by atoms with Gasteiger partial charge in [0.2, 0.25) is 16.0 Å². The van der Waals surface area contributed by atoms with Gasteiger partial charge in [0.15, 0.2) is 0 Å². The van der Waals surface area contributed by atoms with E-state index >= 15 is 0 Å². The molecule has 8 heteroatoms. The van der Waals surface area contributed by atoms with Crippen LogP contribution in [0.1, 0.15) is 22.7 Å². The van der Waals surface area contributed by atoms with Crippen molar-refractivity contribution < 1.29 is 8.42 Å². The van der Waals surface area contributed by atoms with Crippen molar-refractivity contribution >= 4 is 27.6 Å². The highest BCUT2D eigenvalue weighted by Crippen LogP contribution is 2.33. The second-order valence-corrected chi connectivity index (χ2v) is 8.25. The Labute approximate surface area is 157 Å². The molecule has 138 valence electrons. The van der Waals surface area contributed by atoms with Crippen LogP contribution in [-0.4, -0.2) is 29.4 Å². The van der Waals surface area contributed by atoms with Gasteiger partial charge in [-0.2, -0.15) is 4.98 Å². The van der Waals surface area contributed by atoms with Gasteiger partial charge in [0.05, 0.1) is 6.26 Å². The highest BCUT2D eigenvalue weighted by Gasteiger charge is 2.25. The summed E-state index contributed by atoms with van der Waals surface area (Å²) in [6.07, 6.45) is 3.14. The molecule has 1 aliphatic heterocycles. The molecule has 0 amide bonds. The first-order valence-corrected chi connectivity index (χ1v) is 10.3. The lowest BCUT2D eigenvalue weighted by Crippen LogP contribution is -2.20. The summed E-state index contributed by atoms with van der Waals surface area (Å²) in [6, 6.07) is 17.9. The molecule has 1 aromatic heterocycles. The first-order chi connectivity index (χ1) is 12.9. The highest BCUT2D eigenvalue weighted by molar-refractivity contribution is 7.91. The lowest BCUT2D eigenvalue weighted by atomic mass is 10.0. The number of aryl methyl sites for hydroxylation is 1. The van der Waals surface area contributed by atoms with Crippen LogP contribution in [0.15, 0.2) is 60.7 Å². The maximum absolute atomic E-state index is 11.6. The number of nitrogens with zero attached hydrogens (tertiary/aromatic N) is 3. The summed E-state index contributed by atoms with van der Waals surface area (Å²) in [6.45, 7) is 2.03. The predicted molar refractivity (Wildman–Crippen MR) is 106 cm³/mol. The van der Waals surface area contributed by atoms with Crippen molar-refractivity contribution in [3.8, 4) is 0 Å².